The van der Waals surface area contributed by atoms with Gasteiger partial charge < -0.3 is 15.1 Å². The molecule has 0 saturated carbocycles. The Morgan fingerprint density at radius 2 is 1.65 bits per heavy atom. The van der Waals surface area contributed by atoms with Gasteiger partial charge in [0, 0.05) is 36.8 Å². The van der Waals surface area contributed by atoms with E-state index in [0.717, 1.165) is 25.9 Å². The first kappa shape index (κ1) is 21.8. The predicted molar refractivity (Wildman–Crippen MR) is 121 cm³/mol. The first-order valence-electron chi connectivity index (χ1n) is 10.7. The number of thiophene rings is 1. The van der Waals surface area contributed by atoms with Crippen LogP contribution in [0.15, 0.2) is 41.8 Å². The second-order valence-electron chi connectivity index (χ2n) is 8.10. The lowest BCUT2D eigenvalue weighted by Gasteiger charge is -2.37. The fourth-order valence-corrected chi connectivity index (χ4v) is 5.10. The van der Waals surface area contributed by atoms with Gasteiger partial charge in [0.25, 0.3) is 11.8 Å². The molecular weight excluding hydrogens is 434 g/mol. The van der Waals surface area contributed by atoms with Crippen LogP contribution in [-0.4, -0.2) is 59.7 Å². The van der Waals surface area contributed by atoms with E-state index in [2.05, 4.69) is 5.32 Å². The molecule has 164 valence electrons. The highest BCUT2D eigenvalue weighted by atomic mass is 35.5. The first-order chi connectivity index (χ1) is 15.0. The predicted octanol–water partition coefficient (Wildman–Crippen LogP) is 3.67. The molecule has 4 rings (SSSR count). The van der Waals surface area contributed by atoms with E-state index in [1.807, 2.05) is 21.2 Å². The largest absolute Gasteiger partial charge is 0.341 e. The zero-order valence-corrected chi connectivity index (χ0v) is 18.8. The molecule has 3 heterocycles. The lowest BCUT2D eigenvalue weighted by Crippen LogP contribution is -2.54. The van der Waals surface area contributed by atoms with Gasteiger partial charge in [0.1, 0.15) is 6.04 Å². The Bertz CT molecular complexity index is 918. The Morgan fingerprint density at radius 1 is 0.968 bits per heavy atom. The molecule has 1 unspecified atom stereocenters. The number of piperidine rings is 1. The van der Waals surface area contributed by atoms with E-state index in [9.17, 15) is 14.4 Å². The van der Waals surface area contributed by atoms with Crippen molar-refractivity contribution in [1.82, 2.24) is 15.1 Å². The third-order valence-corrected chi connectivity index (χ3v) is 7.23. The summed E-state index contributed by atoms with van der Waals surface area (Å²) in [4.78, 5) is 43.0. The van der Waals surface area contributed by atoms with Crippen LogP contribution < -0.4 is 5.32 Å². The zero-order valence-electron chi connectivity index (χ0n) is 17.3. The fraction of sp³-hybridized carbons (Fsp3) is 0.435. The molecule has 31 heavy (non-hydrogen) atoms. The van der Waals surface area contributed by atoms with Crippen LogP contribution in [0.4, 0.5) is 0 Å². The second-order valence-corrected chi connectivity index (χ2v) is 9.48. The van der Waals surface area contributed by atoms with E-state index in [0.29, 0.717) is 41.4 Å². The van der Waals surface area contributed by atoms with Crippen LogP contribution in [0.1, 0.15) is 45.7 Å². The standard InChI is InChI=1S/C23H26ClN3O3S/c24-18-7-5-17(6-8-18)22(29)27-13-9-16(10-14-27)20(23(30)26-11-1-2-12-26)25-21(28)19-4-3-15-31-19/h3-8,15-16,20H,1-2,9-14H2,(H,25,28). The first-order valence-corrected chi connectivity index (χ1v) is 12.0. The van der Waals surface area contributed by atoms with Crippen LogP contribution in [0.2, 0.25) is 5.02 Å². The molecule has 1 atom stereocenters. The third-order valence-electron chi connectivity index (χ3n) is 6.10. The van der Waals surface area contributed by atoms with E-state index in [1.54, 1.807) is 30.3 Å². The van der Waals surface area contributed by atoms with E-state index in [-0.39, 0.29) is 23.6 Å². The van der Waals surface area contributed by atoms with Crippen molar-refractivity contribution < 1.29 is 14.4 Å². The molecule has 0 bridgehead atoms. The van der Waals surface area contributed by atoms with Gasteiger partial charge in [-0.05, 0) is 67.3 Å². The molecule has 2 saturated heterocycles. The Hall–Kier alpha value is -2.38. The smallest absolute Gasteiger partial charge is 0.262 e. The number of benzene rings is 1. The maximum Gasteiger partial charge on any atom is 0.262 e. The fourth-order valence-electron chi connectivity index (χ4n) is 4.35. The molecule has 2 fully saturated rings. The summed E-state index contributed by atoms with van der Waals surface area (Å²) in [5.41, 5.74) is 0.610. The highest BCUT2D eigenvalue weighted by Crippen LogP contribution is 2.25. The lowest BCUT2D eigenvalue weighted by molar-refractivity contribution is -0.134. The van der Waals surface area contributed by atoms with E-state index in [1.165, 1.54) is 11.3 Å². The summed E-state index contributed by atoms with van der Waals surface area (Å²) in [6, 6.07) is 9.94. The van der Waals surface area contributed by atoms with Gasteiger partial charge in [-0.1, -0.05) is 17.7 Å². The molecule has 2 aromatic rings. The summed E-state index contributed by atoms with van der Waals surface area (Å²) in [7, 11) is 0. The van der Waals surface area contributed by atoms with Gasteiger partial charge >= 0.3 is 0 Å². The summed E-state index contributed by atoms with van der Waals surface area (Å²) in [6.45, 7) is 2.62. The lowest BCUT2D eigenvalue weighted by atomic mass is 9.88. The maximum atomic E-state index is 13.2. The summed E-state index contributed by atoms with van der Waals surface area (Å²) < 4.78 is 0. The number of amides is 3. The van der Waals surface area contributed by atoms with Crippen LogP contribution in [-0.2, 0) is 4.79 Å². The number of hydrogen-bond donors (Lipinski definition) is 1. The van der Waals surface area contributed by atoms with Crippen LogP contribution in [0.3, 0.4) is 0 Å². The minimum Gasteiger partial charge on any atom is -0.341 e. The molecule has 1 aromatic carbocycles. The highest BCUT2D eigenvalue weighted by Gasteiger charge is 2.37. The van der Waals surface area contributed by atoms with Crippen molar-refractivity contribution in [3.63, 3.8) is 0 Å². The van der Waals surface area contributed by atoms with Gasteiger partial charge in [-0.2, -0.15) is 0 Å². The number of nitrogens with one attached hydrogen (secondary N) is 1. The van der Waals surface area contributed by atoms with Crippen molar-refractivity contribution in [2.24, 2.45) is 5.92 Å². The van der Waals surface area contributed by atoms with Crippen molar-refractivity contribution in [1.29, 1.82) is 0 Å². The quantitative estimate of drug-likeness (QED) is 0.741. The third kappa shape index (κ3) is 5.10. The van der Waals surface area contributed by atoms with Crippen LogP contribution in [0, 0.1) is 5.92 Å². The topological polar surface area (TPSA) is 69.7 Å². The maximum absolute atomic E-state index is 13.2. The molecule has 6 nitrogen and oxygen atoms in total. The molecule has 2 aliphatic heterocycles. The molecule has 3 amide bonds. The van der Waals surface area contributed by atoms with Gasteiger partial charge in [-0.3, -0.25) is 14.4 Å². The van der Waals surface area contributed by atoms with Gasteiger partial charge in [0.15, 0.2) is 0 Å². The van der Waals surface area contributed by atoms with Gasteiger partial charge in [0.05, 0.1) is 4.88 Å². The minimum absolute atomic E-state index is 0.00452. The second kappa shape index (κ2) is 9.83. The Kier molecular flexibility index (Phi) is 6.92. The average molecular weight is 460 g/mol. The number of carbonyl (C=O) groups excluding carboxylic acids is 3. The van der Waals surface area contributed by atoms with Crippen molar-refractivity contribution in [3.05, 3.63) is 57.2 Å². The van der Waals surface area contributed by atoms with Crippen LogP contribution >= 0.6 is 22.9 Å². The van der Waals surface area contributed by atoms with Crippen LogP contribution in [0.5, 0.6) is 0 Å². The Labute approximate surface area is 191 Å². The van der Waals surface area contributed by atoms with Crippen molar-refractivity contribution in [2.45, 2.75) is 31.7 Å². The average Bonchev–Trinajstić information content (AvgIpc) is 3.52. The minimum atomic E-state index is -0.555. The summed E-state index contributed by atoms with van der Waals surface area (Å²) in [6.07, 6.45) is 3.36. The molecule has 0 spiro atoms. The summed E-state index contributed by atoms with van der Waals surface area (Å²) in [5, 5.41) is 5.46. The van der Waals surface area contributed by atoms with E-state index in [4.69, 9.17) is 11.6 Å². The monoisotopic (exact) mass is 459 g/mol. The molecular formula is C23H26ClN3O3S. The van der Waals surface area contributed by atoms with Gasteiger partial charge in [0.2, 0.25) is 5.91 Å². The Morgan fingerprint density at radius 3 is 2.26 bits per heavy atom. The SMILES string of the molecule is O=C(NC(C(=O)N1CCCC1)C1CCN(C(=O)c2ccc(Cl)cc2)CC1)c1cccs1. The van der Waals surface area contributed by atoms with Crippen LogP contribution in [0.25, 0.3) is 0 Å². The van der Waals surface area contributed by atoms with Crippen molar-refractivity contribution in [3.8, 4) is 0 Å². The van der Waals surface area contributed by atoms with E-state index < -0.39 is 6.04 Å². The number of nitrogens with zero attached hydrogens (tertiary/aromatic N) is 2. The zero-order chi connectivity index (χ0) is 21.8. The van der Waals surface area contributed by atoms with Crippen molar-refractivity contribution in [2.75, 3.05) is 26.2 Å². The molecule has 1 N–H and O–H groups in total. The molecule has 1 aromatic heterocycles. The number of hydrogen-bond acceptors (Lipinski definition) is 4. The molecule has 8 heteroatoms. The summed E-state index contributed by atoms with van der Waals surface area (Å²) >= 11 is 7.29. The van der Waals surface area contributed by atoms with Crippen molar-refractivity contribution >= 4 is 40.7 Å². The number of halogens is 1. The summed E-state index contributed by atoms with van der Waals surface area (Å²) in [5.74, 6) is -0.219. The normalized spacial score (nSPS) is 18.1. The Balaban J connectivity index is 1.43. The number of rotatable bonds is 5. The molecule has 0 radical (unpaired) electrons. The van der Waals surface area contributed by atoms with Gasteiger partial charge in [-0.15, -0.1) is 11.3 Å². The number of carbonyl (C=O) groups is 3. The molecule has 0 aliphatic carbocycles. The van der Waals surface area contributed by atoms with Gasteiger partial charge in [-0.25, -0.2) is 0 Å². The van der Waals surface area contributed by atoms with E-state index >= 15 is 0 Å². The number of likely N-dealkylation sites (tertiary alicyclic amines) is 2. The molecule has 2 aliphatic rings. The highest BCUT2D eigenvalue weighted by molar-refractivity contribution is 7.12.